The topological polar surface area (TPSA) is 122 Å². The number of hydrogen-bond acceptors (Lipinski definition) is 7. The Labute approximate surface area is 206 Å². The van der Waals surface area contributed by atoms with Crippen molar-refractivity contribution in [3.8, 4) is 0 Å². The second kappa shape index (κ2) is 11.1. The van der Waals surface area contributed by atoms with Gasteiger partial charge in [-0.2, -0.15) is 0 Å². The van der Waals surface area contributed by atoms with Crippen molar-refractivity contribution >= 4 is 29.1 Å². The predicted molar refractivity (Wildman–Crippen MR) is 130 cm³/mol. The lowest BCUT2D eigenvalue weighted by Gasteiger charge is -2.31. The molecule has 4 N–H and O–H groups in total. The van der Waals surface area contributed by atoms with Crippen LogP contribution in [0.3, 0.4) is 0 Å². The quantitative estimate of drug-likeness (QED) is 0.437. The van der Waals surface area contributed by atoms with Crippen molar-refractivity contribution in [3.05, 3.63) is 77.1 Å². The molecule has 2 amide bonds. The van der Waals surface area contributed by atoms with Gasteiger partial charge in [0.25, 0.3) is 11.8 Å². The molecule has 0 unspecified atom stereocenters. The fraction of sp³-hybridized carbons (Fsp3) is 0.280. The number of primary amides is 1. The lowest BCUT2D eigenvalue weighted by atomic mass is 10.1. The van der Waals surface area contributed by atoms with Crippen molar-refractivity contribution in [1.29, 1.82) is 0 Å². The van der Waals surface area contributed by atoms with Crippen LogP contribution in [0.2, 0.25) is 0 Å². The van der Waals surface area contributed by atoms with Crippen LogP contribution in [-0.2, 0) is 11.3 Å². The molecule has 1 aliphatic heterocycles. The minimum absolute atomic E-state index is 0.0587. The first kappa shape index (κ1) is 25.0. The summed E-state index contributed by atoms with van der Waals surface area (Å²) in [5.41, 5.74) is 6.02. The third-order valence-electron chi connectivity index (χ3n) is 6.02. The number of ether oxygens (including phenoxy) is 1. The molecule has 188 valence electrons. The largest absolute Gasteiger partial charge is 0.381 e. The third kappa shape index (κ3) is 5.74. The molecule has 4 rings (SSSR count). The SMILES string of the molecule is COC1CCN(C(=O)c2ccc(Nc3cc(NCc4c(F)cccc4F)c(C(N)=O)cn3)nc2)CC1. The normalized spacial score (nSPS) is 13.9. The molecule has 3 heterocycles. The first-order valence-corrected chi connectivity index (χ1v) is 11.4. The highest BCUT2D eigenvalue weighted by Crippen LogP contribution is 2.23. The summed E-state index contributed by atoms with van der Waals surface area (Å²) in [5, 5.41) is 5.83. The summed E-state index contributed by atoms with van der Waals surface area (Å²) in [7, 11) is 1.68. The standard InChI is InChI=1S/C25H26F2N6O3/c1-36-16-7-9-33(10-8-16)25(35)15-5-6-22(30-12-15)32-23-11-21(18(14-31-23)24(28)34)29-13-17-19(26)3-2-4-20(17)27/h2-6,11-12,14,16H,7-10,13H2,1H3,(H2,28,34)(H2,29,30,31,32). The number of amides is 2. The monoisotopic (exact) mass is 496 g/mol. The van der Waals surface area contributed by atoms with E-state index < -0.39 is 17.5 Å². The van der Waals surface area contributed by atoms with Gasteiger partial charge < -0.3 is 26.0 Å². The molecule has 0 bridgehead atoms. The highest BCUT2D eigenvalue weighted by atomic mass is 19.1. The third-order valence-corrected chi connectivity index (χ3v) is 6.02. The van der Waals surface area contributed by atoms with Gasteiger partial charge in [0.2, 0.25) is 0 Å². The second-order valence-corrected chi connectivity index (χ2v) is 8.32. The number of hydrogen-bond donors (Lipinski definition) is 3. The van der Waals surface area contributed by atoms with Crippen molar-refractivity contribution in [2.24, 2.45) is 5.73 Å². The second-order valence-electron chi connectivity index (χ2n) is 8.32. The fourth-order valence-corrected chi connectivity index (χ4v) is 3.95. The van der Waals surface area contributed by atoms with Gasteiger partial charge in [0.1, 0.15) is 23.3 Å². The molecule has 1 saturated heterocycles. The molecule has 2 aromatic heterocycles. The number of halogens is 2. The zero-order chi connectivity index (χ0) is 25.7. The van der Waals surface area contributed by atoms with E-state index in [9.17, 15) is 18.4 Å². The Bertz CT molecular complexity index is 1230. The zero-order valence-corrected chi connectivity index (χ0v) is 19.6. The van der Waals surface area contributed by atoms with Gasteiger partial charge in [-0.25, -0.2) is 18.7 Å². The summed E-state index contributed by atoms with van der Waals surface area (Å²) >= 11 is 0. The number of nitrogens with one attached hydrogen (secondary N) is 2. The molecule has 0 saturated carbocycles. The molecule has 0 atom stereocenters. The van der Waals surface area contributed by atoms with E-state index in [-0.39, 0.29) is 35.4 Å². The van der Waals surface area contributed by atoms with E-state index in [2.05, 4.69) is 20.6 Å². The molecule has 1 aliphatic rings. The number of nitrogens with two attached hydrogens (primary N) is 1. The van der Waals surface area contributed by atoms with Gasteiger partial charge in [-0.15, -0.1) is 0 Å². The number of likely N-dealkylation sites (tertiary alicyclic amines) is 1. The van der Waals surface area contributed by atoms with Gasteiger partial charge in [0.15, 0.2) is 0 Å². The number of carbonyl (C=O) groups excluding carboxylic acids is 2. The lowest BCUT2D eigenvalue weighted by Crippen LogP contribution is -2.40. The Kier molecular flexibility index (Phi) is 7.69. The van der Waals surface area contributed by atoms with Crippen LogP contribution in [0.25, 0.3) is 0 Å². The van der Waals surface area contributed by atoms with Crippen LogP contribution >= 0.6 is 0 Å². The average molecular weight is 497 g/mol. The van der Waals surface area contributed by atoms with Crippen LogP contribution in [0.4, 0.5) is 26.1 Å². The molecule has 0 spiro atoms. The van der Waals surface area contributed by atoms with Crippen LogP contribution in [0.1, 0.15) is 39.1 Å². The Morgan fingerprint density at radius 2 is 1.78 bits per heavy atom. The summed E-state index contributed by atoms with van der Waals surface area (Å²) in [6, 6.07) is 8.36. The van der Waals surface area contributed by atoms with Crippen molar-refractivity contribution < 1.29 is 23.1 Å². The predicted octanol–water partition coefficient (Wildman–Crippen LogP) is 3.46. The minimum Gasteiger partial charge on any atom is -0.381 e. The van der Waals surface area contributed by atoms with E-state index in [0.29, 0.717) is 30.3 Å². The fourth-order valence-electron chi connectivity index (χ4n) is 3.95. The number of methoxy groups -OCH3 is 1. The van der Waals surface area contributed by atoms with Gasteiger partial charge in [0.05, 0.1) is 22.9 Å². The van der Waals surface area contributed by atoms with Crippen LogP contribution < -0.4 is 16.4 Å². The highest BCUT2D eigenvalue weighted by molar-refractivity contribution is 5.98. The molecular formula is C25H26F2N6O3. The molecule has 11 heteroatoms. The summed E-state index contributed by atoms with van der Waals surface area (Å²) in [4.78, 5) is 34.8. The summed E-state index contributed by atoms with van der Waals surface area (Å²) < 4.78 is 33.3. The minimum atomic E-state index is -0.749. The van der Waals surface area contributed by atoms with Crippen LogP contribution in [-0.4, -0.2) is 53.0 Å². The summed E-state index contributed by atoms with van der Waals surface area (Å²) in [5.74, 6) is -1.55. The molecule has 36 heavy (non-hydrogen) atoms. The molecule has 0 aliphatic carbocycles. The molecule has 1 aromatic carbocycles. The van der Waals surface area contributed by atoms with Crippen molar-refractivity contribution in [2.45, 2.75) is 25.5 Å². The lowest BCUT2D eigenvalue weighted by molar-refractivity contribution is 0.0350. The van der Waals surface area contributed by atoms with E-state index >= 15 is 0 Å². The van der Waals surface area contributed by atoms with E-state index in [1.807, 2.05) is 0 Å². The maximum absolute atomic E-state index is 14.0. The van der Waals surface area contributed by atoms with Gasteiger partial charge in [0, 0.05) is 50.8 Å². The van der Waals surface area contributed by atoms with Gasteiger partial charge >= 0.3 is 0 Å². The molecule has 0 radical (unpaired) electrons. The number of nitrogens with zero attached hydrogens (tertiary/aromatic N) is 3. The van der Waals surface area contributed by atoms with Gasteiger partial charge in [-0.1, -0.05) is 6.07 Å². The van der Waals surface area contributed by atoms with E-state index in [0.717, 1.165) is 25.0 Å². The Balaban J connectivity index is 1.45. The molecule has 3 aromatic rings. The number of anilines is 3. The Morgan fingerprint density at radius 1 is 1.08 bits per heavy atom. The van der Waals surface area contributed by atoms with E-state index in [1.54, 1.807) is 24.1 Å². The first-order chi connectivity index (χ1) is 17.4. The summed E-state index contributed by atoms with van der Waals surface area (Å²) in [6.45, 7) is 1.04. The van der Waals surface area contributed by atoms with Crippen LogP contribution in [0.5, 0.6) is 0 Å². The smallest absolute Gasteiger partial charge is 0.255 e. The highest BCUT2D eigenvalue weighted by Gasteiger charge is 2.23. The Morgan fingerprint density at radius 3 is 2.39 bits per heavy atom. The number of benzene rings is 1. The summed E-state index contributed by atoms with van der Waals surface area (Å²) in [6.07, 6.45) is 4.50. The van der Waals surface area contributed by atoms with Crippen molar-refractivity contribution in [3.63, 3.8) is 0 Å². The number of rotatable bonds is 8. The van der Waals surface area contributed by atoms with Gasteiger partial charge in [-0.3, -0.25) is 9.59 Å². The number of pyridine rings is 2. The molecule has 1 fully saturated rings. The van der Waals surface area contributed by atoms with E-state index in [4.69, 9.17) is 10.5 Å². The van der Waals surface area contributed by atoms with Crippen molar-refractivity contribution in [2.75, 3.05) is 30.8 Å². The van der Waals surface area contributed by atoms with Crippen LogP contribution in [0, 0.1) is 11.6 Å². The van der Waals surface area contributed by atoms with E-state index in [1.165, 1.54) is 24.5 Å². The van der Waals surface area contributed by atoms with Crippen LogP contribution in [0.15, 0.2) is 48.8 Å². The maximum atomic E-state index is 14.0. The molecule has 9 nitrogen and oxygen atoms in total. The average Bonchev–Trinajstić information content (AvgIpc) is 2.88. The van der Waals surface area contributed by atoms with Gasteiger partial charge in [-0.05, 0) is 37.1 Å². The first-order valence-electron chi connectivity index (χ1n) is 11.4. The molecular weight excluding hydrogens is 470 g/mol. The number of carbonyl (C=O) groups is 2. The zero-order valence-electron chi connectivity index (χ0n) is 19.6. The maximum Gasteiger partial charge on any atom is 0.255 e. The number of aromatic nitrogens is 2. The number of piperidine rings is 1. The Hall–Kier alpha value is -4.12. The van der Waals surface area contributed by atoms with Crippen molar-refractivity contribution in [1.82, 2.24) is 14.9 Å².